The largest absolute Gasteiger partial charge is 0.385 e. The van der Waals surface area contributed by atoms with E-state index in [0.29, 0.717) is 22.3 Å². The molecule has 1 aliphatic carbocycles. The van der Waals surface area contributed by atoms with Crippen molar-refractivity contribution in [1.82, 2.24) is 9.61 Å². The molecule has 1 fully saturated rings. The quantitative estimate of drug-likeness (QED) is 0.682. The third-order valence-corrected chi connectivity index (χ3v) is 5.54. The maximum absolute atomic E-state index is 12.7. The van der Waals surface area contributed by atoms with Gasteiger partial charge in [0, 0.05) is 16.8 Å². The van der Waals surface area contributed by atoms with Crippen molar-refractivity contribution in [2.75, 3.05) is 5.32 Å². The second kappa shape index (κ2) is 6.98. The SMILES string of the molecule is C[C@](O)(CC(=O)Nc1nn2ccc(Cl)cc2c1C1CCC1)c1ccccc1. The van der Waals surface area contributed by atoms with E-state index in [-0.39, 0.29) is 12.3 Å². The van der Waals surface area contributed by atoms with Crippen molar-refractivity contribution >= 4 is 28.8 Å². The molecule has 0 bridgehead atoms. The number of halogens is 1. The number of carbonyl (C=O) groups is 1. The Balaban J connectivity index is 1.60. The molecule has 1 amide bonds. The monoisotopic (exact) mass is 383 g/mol. The van der Waals surface area contributed by atoms with Gasteiger partial charge in [-0.2, -0.15) is 0 Å². The number of pyridine rings is 1. The number of hydrogen-bond donors (Lipinski definition) is 2. The molecule has 1 atom stereocenters. The summed E-state index contributed by atoms with van der Waals surface area (Å²) in [6, 6.07) is 12.9. The summed E-state index contributed by atoms with van der Waals surface area (Å²) in [5.74, 6) is 0.681. The standard InChI is InChI=1S/C21H22ClN3O2/c1-21(27,15-8-3-2-4-9-15)13-18(26)23-20-19(14-6-5-7-14)17-12-16(22)10-11-25(17)24-20/h2-4,8-12,14,27H,5-7,13H2,1H3,(H,23,24,26)/t21-/m0/s1. The van der Waals surface area contributed by atoms with Gasteiger partial charge in [0.25, 0.3) is 0 Å². The first kappa shape index (κ1) is 18.0. The van der Waals surface area contributed by atoms with Gasteiger partial charge in [-0.25, -0.2) is 4.52 Å². The summed E-state index contributed by atoms with van der Waals surface area (Å²) in [6.07, 6.45) is 5.10. The molecule has 0 saturated heterocycles. The topological polar surface area (TPSA) is 66.6 Å². The number of fused-ring (bicyclic) bond motifs is 1. The van der Waals surface area contributed by atoms with E-state index in [4.69, 9.17) is 11.6 Å². The van der Waals surface area contributed by atoms with Crippen LogP contribution in [0, 0.1) is 0 Å². The summed E-state index contributed by atoms with van der Waals surface area (Å²) in [5, 5.41) is 18.9. The van der Waals surface area contributed by atoms with Gasteiger partial charge in [-0.15, -0.1) is 5.10 Å². The average Bonchev–Trinajstić information content (AvgIpc) is 2.91. The Morgan fingerprint density at radius 3 is 2.74 bits per heavy atom. The number of rotatable bonds is 5. The zero-order valence-corrected chi connectivity index (χ0v) is 15.9. The lowest BCUT2D eigenvalue weighted by molar-refractivity contribution is -0.120. The lowest BCUT2D eigenvalue weighted by Gasteiger charge is -2.26. The third-order valence-electron chi connectivity index (χ3n) is 5.31. The van der Waals surface area contributed by atoms with Crippen molar-refractivity contribution in [3.63, 3.8) is 0 Å². The number of benzene rings is 1. The number of anilines is 1. The molecule has 1 saturated carbocycles. The van der Waals surface area contributed by atoms with Gasteiger partial charge in [-0.05, 0) is 43.4 Å². The predicted octanol–water partition coefficient (Wildman–Crippen LogP) is 4.49. The lowest BCUT2D eigenvalue weighted by Crippen LogP contribution is -2.29. The number of nitrogens with zero attached hydrogens (tertiary/aromatic N) is 2. The van der Waals surface area contributed by atoms with Crippen LogP contribution in [-0.2, 0) is 10.4 Å². The summed E-state index contributed by atoms with van der Waals surface area (Å²) in [4.78, 5) is 12.7. The van der Waals surface area contributed by atoms with Crippen molar-refractivity contribution in [3.05, 3.63) is 64.8 Å². The minimum absolute atomic E-state index is 0.0459. The maximum atomic E-state index is 12.7. The van der Waals surface area contributed by atoms with Crippen LogP contribution in [0.4, 0.5) is 5.82 Å². The molecule has 4 rings (SSSR count). The first-order valence-corrected chi connectivity index (χ1v) is 9.57. The highest BCUT2D eigenvalue weighted by molar-refractivity contribution is 6.30. The van der Waals surface area contributed by atoms with E-state index in [1.807, 2.05) is 36.4 Å². The van der Waals surface area contributed by atoms with Crippen LogP contribution in [0.15, 0.2) is 48.7 Å². The van der Waals surface area contributed by atoms with Gasteiger partial charge in [0.05, 0.1) is 17.5 Å². The fraction of sp³-hybridized carbons (Fsp3) is 0.333. The fourth-order valence-corrected chi connectivity index (χ4v) is 3.78. The predicted molar refractivity (Wildman–Crippen MR) is 106 cm³/mol. The highest BCUT2D eigenvalue weighted by Gasteiger charge is 2.30. The summed E-state index contributed by atoms with van der Waals surface area (Å²) in [6.45, 7) is 1.65. The Kier molecular flexibility index (Phi) is 4.66. The number of aliphatic hydroxyl groups is 1. The summed E-state index contributed by atoms with van der Waals surface area (Å²) < 4.78 is 1.75. The molecule has 1 aliphatic rings. The van der Waals surface area contributed by atoms with Crippen LogP contribution < -0.4 is 5.32 Å². The Bertz CT molecular complexity index is 978. The second-order valence-electron chi connectivity index (χ2n) is 7.43. The zero-order chi connectivity index (χ0) is 19.0. The molecule has 0 aliphatic heterocycles. The number of hydrogen-bond acceptors (Lipinski definition) is 3. The van der Waals surface area contributed by atoms with Crippen molar-refractivity contribution in [1.29, 1.82) is 0 Å². The molecular weight excluding hydrogens is 362 g/mol. The number of aromatic nitrogens is 2. The van der Waals surface area contributed by atoms with Crippen molar-refractivity contribution in [3.8, 4) is 0 Å². The van der Waals surface area contributed by atoms with Crippen LogP contribution in [0.1, 0.15) is 49.7 Å². The highest BCUT2D eigenvalue weighted by atomic mass is 35.5. The van der Waals surface area contributed by atoms with Gasteiger partial charge in [-0.3, -0.25) is 4.79 Å². The van der Waals surface area contributed by atoms with Gasteiger partial charge < -0.3 is 10.4 Å². The van der Waals surface area contributed by atoms with Gasteiger partial charge in [0.1, 0.15) is 0 Å². The van der Waals surface area contributed by atoms with Crippen LogP contribution in [0.2, 0.25) is 5.02 Å². The van der Waals surface area contributed by atoms with Crippen LogP contribution >= 0.6 is 11.6 Å². The van der Waals surface area contributed by atoms with Gasteiger partial charge in [0.2, 0.25) is 5.91 Å². The summed E-state index contributed by atoms with van der Waals surface area (Å²) in [7, 11) is 0. The lowest BCUT2D eigenvalue weighted by atomic mass is 9.80. The number of carbonyl (C=O) groups excluding carboxylic acids is 1. The van der Waals surface area contributed by atoms with E-state index in [0.717, 1.165) is 23.9 Å². The molecule has 2 heterocycles. The number of amides is 1. The minimum atomic E-state index is -1.25. The molecule has 0 unspecified atom stereocenters. The third kappa shape index (κ3) is 3.57. The Hall–Kier alpha value is -2.37. The molecule has 140 valence electrons. The Morgan fingerprint density at radius 2 is 2.07 bits per heavy atom. The van der Waals surface area contributed by atoms with E-state index in [2.05, 4.69) is 10.4 Å². The molecule has 3 aromatic rings. The van der Waals surface area contributed by atoms with Crippen LogP contribution in [0.3, 0.4) is 0 Å². The molecule has 0 radical (unpaired) electrons. The molecule has 2 aromatic heterocycles. The molecule has 27 heavy (non-hydrogen) atoms. The van der Waals surface area contributed by atoms with Crippen LogP contribution in [0.5, 0.6) is 0 Å². The van der Waals surface area contributed by atoms with Gasteiger partial charge >= 0.3 is 0 Å². The van der Waals surface area contributed by atoms with Crippen molar-refractivity contribution < 1.29 is 9.90 Å². The van der Waals surface area contributed by atoms with E-state index in [1.165, 1.54) is 6.42 Å². The van der Waals surface area contributed by atoms with Crippen LogP contribution in [0.25, 0.3) is 5.52 Å². The smallest absolute Gasteiger partial charge is 0.228 e. The normalized spacial score (nSPS) is 16.7. The second-order valence-corrected chi connectivity index (χ2v) is 7.87. The molecule has 5 nitrogen and oxygen atoms in total. The fourth-order valence-electron chi connectivity index (χ4n) is 3.62. The summed E-state index contributed by atoms with van der Waals surface area (Å²) in [5.41, 5.74) is 1.43. The molecule has 1 aromatic carbocycles. The van der Waals surface area contributed by atoms with E-state index in [1.54, 1.807) is 23.7 Å². The van der Waals surface area contributed by atoms with Crippen LogP contribution in [-0.4, -0.2) is 20.6 Å². The molecule has 0 spiro atoms. The average molecular weight is 384 g/mol. The van der Waals surface area contributed by atoms with Gasteiger partial charge in [-0.1, -0.05) is 48.4 Å². The van der Waals surface area contributed by atoms with Crippen molar-refractivity contribution in [2.24, 2.45) is 0 Å². The number of nitrogens with one attached hydrogen (secondary N) is 1. The van der Waals surface area contributed by atoms with Crippen molar-refractivity contribution in [2.45, 2.75) is 44.1 Å². The zero-order valence-electron chi connectivity index (χ0n) is 15.2. The first-order chi connectivity index (χ1) is 12.9. The minimum Gasteiger partial charge on any atom is -0.385 e. The van der Waals surface area contributed by atoms with E-state index in [9.17, 15) is 9.90 Å². The Labute approximate surface area is 163 Å². The van der Waals surface area contributed by atoms with E-state index < -0.39 is 5.60 Å². The molecular formula is C21H22ClN3O2. The van der Waals surface area contributed by atoms with E-state index >= 15 is 0 Å². The van der Waals surface area contributed by atoms with Gasteiger partial charge in [0.15, 0.2) is 5.82 Å². The Morgan fingerprint density at radius 1 is 1.33 bits per heavy atom. The molecule has 6 heteroatoms. The summed E-state index contributed by atoms with van der Waals surface area (Å²) >= 11 is 6.16. The highest BCUT2D eigenvalue weighted by Crippen LogP contribution is 2.42. The molecule has 2 N–H and O–H groups in total. The maximum Gasteiger partial charge on any atom is 0.228 e. The first-order valence-electron chi connectivity index (χ1n) is 9.19.